The van der Waals surface area contributed by atoms with Crippen LogP contribution in [0.4, 0.5) is 0 Å². The molecule has 2 heteroatoms. The highest BCUT2D eigenvalue weighted by Gasteiger charge is 2.24. The summed E-state index contributed by atoms with van der Waals surface area (Å²) in [4.78, 5) is 2.38. The molecule has 1 fully saturated rings. The minimum atomic E-state index is -0.202. The fourth-order valence-corrected chi connectivity index (χ4v) is 2.31. The maximum absolute atomic E-state index is 8.96. The standard InChI is InChI=1S/C12H22N2/c1-12(2,9-13)10-14(3)11-7-5-4-6-8-11/h11H,4-8,10H2,1-3H3. The van der Waals surface area contributed by atoms with Gasteiger partial charge in [-0.3, -0.25) is 0 Å². The molecule has 0 amide bonds. The summed E-state index contributed by atoms with van der Waals surface area (Å²) in [5, 5.41) is 8.96. The molecule has 0 aromatic rings. The summed E-state index contributed by atoms with van der Waals surface area (Å²) < 4.78 is 0. The second kappa shape index (κ2) is 4.79. The number of rotatable bonds is 3. The molecule has 0 spiro atoms. The van der Waals surface area contributed by atoms with Crippen LogP contribution in [0.2, 0.25) is 0 Å². The van der Waals surface area contributed by atoms with Gasteiger partial charge in [0.05, 0.1) is 11.5 Å². The zero-order chi connectivity index (χ0) is 10.6. The van der Waals surface area contributed by atoms with Gasteiger partial charge in [-0.05, 0) is 33.7 Å². The molecule has 0 heterocycles. The van der Waals surface area contributed by atoms with Crippen molar-refractivity contribution in [2.75, 3.05) is 13.6 Å². The Hall–Kier alpha value is -0.550. The van der Waals surface area contributed by atoms with Crippen molar-refractivity contribution in [3.05, 3.63) is 0 Å². The van der Waals surface area contributed by atoms with Gasteiger partial charge in [-0.15, -0.1) is 0 Å². The van der Waals surface area contributed by atoms with Crippen molar-refractivity contribution in [3.63, 3.8) is 0 Å². The molecular formula is C12H22N2. The summed E-state index contributed by atoms with van der Waals surface area (Å²) in [7, 11) is 2.16. The van der Waals surface area contributed by atoms with Crippen molar-refractivity contribution in [1.82, 2.24) is 4.90 Å². The van der Waals surface area contributed by atoms with E-state index in [0.717, 1.165) is 12.6 Å². The van der Waals surface area contributed by atoms with Crippen molar-refractivity contribution in [3.8, 4) is 6.07 Å². The molecule has 1 aliphatic rings. The molecule has 0 atom stereocenters. The molecule has 0 saturated heterocycles. The fraction of sp³-hybridized carbons (Fsp3) is 0.917. The number of nitrogens with zero attached hydrogens (tertiary/aromatic N) is 2. The van der Waals surface area contributed by atoms with Crippen LogP contribution in [0.25, 0.3) is 0 Å². The molecule has 1 aliphatic carbocycles. The van der Waals surface area contributed by atoms with E-state index in [2.05, 4.69) is 18.0 Å². The second-order valence-electron chi connectivity index (χ2n) is 5.20. The van der Waals surface area contributed by atoms with Crippen molar-refractivity contribution in [2.24, 2.45) is 5.41 Å². The van der Waals surface area contributed by atoms with Crippen LogP contribution < -0.4 is 0 Å². The van der Waals surface area contributed by atoms with Crippen LogP contribution in [0.3, 0.4) is 0 Å². The summed E-state index contributed by atoms with van der Waals surface area (Å²) >= 11 is 0. The zero-order valence-corrected chi connectivity index (χ0v) is 9.71. The lowest BCUT2D eigenvalue weighted by molar-refractivity contribution is 0.155. The van der Waals surface area contributed by atoms with Gasteiger partial charge in [0.15, 0.2) is 0 Å². The molecule has 0 aromatic heterocycles. The van der Waals surface area contributed by atoms with Gasteiger partial charge in [0, 0.05) is 12.6 Å². The van der Waals surface area contributed by atoms with E-state index in [9.17, 15) is 0 Å². The number of hydrogen-bond donors (Lipinski definition) is 0. The van der Waals surface area contributed by atoms with Gasteiger partial charge in [0.25, 0.3) is 0 Å². The quantitative estimate of drug-likeness (QED) is 0.690. The third-order valence-corrected chi connectivity index (χ3v) is 3.15. The monoisotopic (exact) mass is 194 g/mol. The van der Waals surface area contributed by atoms with Gasteiger partial charge < -0.3 is 4.90 Å². The average molecular weight is 194 g/mol. The van der Waals surface area contributed by atoms with Crippen LogP contribution in [0.1, 0.15) is 46.0 Å². The largest absolute Gasteiger partial charge is 0.302 e. The lowest BCUT2D eigenvalue weighted by Crippen LogP contribution is -2.39. The van der Waals surface area contributed by atoms with E-state index in [0.29, 0.717) is 0 Å². The van der Waals surface area contributed by atoms with E-state index in [1.807, 2.05) is 13.8 Å². The van der Waals surface area contributed by atoms with Crippen LogP contribution in [0, 0.1) is 16.7 Å². The molecule has 1 saturated carbocycles. The summed E-state index contributed by atoms with van der Waals surface area (Å²) in [6.45, 7) is 4.94. The molecule has 0 aliphatic heterocycles. The average Bonchev–Trinajstić information content (AvgIpc) is 2.19. The fourth-order valence-electron chi connectivity index (χ4n) is 2.31. The SMILES string of the molecule is CN(CC(C)(C)C#N)C1CCCCC1. The second-order valence-corrected chi connectivity index (χ2v) is 5.20. The first kappa shape index (κ1) is 11.5. The maximum Gasteiger partial charge on any atom is 0.0697 e. The number of hydrogen-bond acceptors (Lipinski definition) is 2. The Morgan fingerprint density at radius 2 is 1.86 bits per heavy atom. The predicted octanol–water partition coefficient (Wildman–Crippen LogP) is 2.80. The van der Waals surface area contributed by atoms with Crippen molar-refractivity contribution in [1.29, 1.82) is 5.26 Å². The molecule has 0 bridgehead atoms. The summed E-state index contributed by atoms with van der Waals surface area (Å²) in [5.74, 6) is 0. The van der Waals surface area contributed by atoms with E-state index >= 15 is 0 Å². The Morgan fingerprint density at radius 1 is 1.29 bits per heavy atom. The molecule has 0 radical (unpaired) electrons. The first-order chi connectivity index (χ1) is 6.55. The minimum absolute atomic E-state index is 0.202. The van der Waals surface area contributed by atoms with Crippen molar-refractivity contribution in [2.45, 2.75) is 52.0 Å². The third kappa shape index (κ3) is 3.31. The van der Waals surface area contributed by atoms with Crippen LogP contribution in [0.15, 0.2) is 0 Å². The van der Waals surface area contributed by atoms with E-state index < -0.39 is 0 Å². The van der Waals surface area contributed by atoms with Gasteiger partial charge in [0.1, 0.15) is 0 Å². The van der Waals surface area contributed by atoms with Gasteiger partial charge in [0.2, 0.25) is 0 Å². The van der Waals surface area contributed by atoms with E-state index in [1.54, 1.807) is 0 Å². The molecule has 0 unspecified atom stereocenters. The van der Waals surface area contributed by atoms with Gasteiger partial charge >= 0.3 is 0 Å². The molecule has 80 valence electrons. The van der Waals surface area contributed by atoms with Gasteiger partial charge in [-0.2, -0.15) is 5.26 Å². The highest BCUT2D eigenvalue weighted by atomic mass is 15.1. The lowest BCUT2D eigenvalue weighted by Gasteiger charge is -2.34. The smallest absolute Gasteiger partial charge is 0.0697 e. The summed E-state index contributed by atoms with van der Waals surface area (Å²) in [6.07, 6.45) is 6.76. The van der Waals surface area contributed by atoms with Gasteiger partial charge in [-0.25, -0.2) is 0 Å². The Morgan fingerprint density at radius 3 is 2.36 bits per heavy atom. The first-order valence-corrected chi connectivity index (χ1v) is 5.67. The molecule has 1 rings (SSSR count). The topological polar surface area (TPSA) is 27.0 Å². The van der Waals surface area contributed by atoms with Gasteiger partial charge in [-0.1, -0.05) is 19.3 Å². The van der Waals surface area contributed by atoms with Crippen LogP contribution in [-0.4, -0.2) is 24.5 Å². The van der Waals surface area contributed by atoms with Crippen LogP contribution in [-0.2, 0) is 0 Å². The molecule has 0 N–H and O–H groups in total. The molecule has 14 heavy (non-hydrogen) atoms. The summed E-state index contributed by atoms with van der Waals surface area (Å²) in [6, 6.07) is 3.09. The highest BCUT2D eigenvalue weighted by molar-refractivity contribution is 4.94. The lowest BCUT2D eigenvalue weighted by atomic mass is 9.90. The molecule has 2 nitrogen and oxygen atoms in total. The Kier molecular flexibility index (Phi) is 3.95. The Labute approximate surface area is 87.9 Å². The Balaban J connectivity index is 2.41. The molecule has 0 aromatic carbocycles. The predicted molar refractivity (Wildman–Crippen MR) is 58.9 cm³/mol. The Bertz CT molecular complexity index is 209. The minimum Gasteiger partial charge on any atom is -0.302 e. The van der Waals surface area contributed by atoms with E-state index in [4.69, 9.17) is 5.26 Å². The highest BCUT2D eigenvalue weighted by Crippen LogP contribution is 2.24. The maximum atomic E-state index is 8.96. The van der Waals surface area contributed by atoms with E-state index in [1.165, 1.54) is 32.1 Å². The van der Waals surface area contributed by atoms with E-state index in [-0.39, 0.29) is 5.41 Å². The third-order valence-electron chi connectivity index (χ3n) is 3.15. The normalized spacial score (nSPS) is 19.6. The van der Waals surface area contributed by atoms with Crippen molar-refractivity contribution >= 4 is 0 Å². The molecular weight excluding hydrogens is 172 g/mol. The van der Waals surface area contributed by atoms with Crippen molar-refractivity contribution < 1.29 is 0 Å². The van der Waals surface area contributed by atoms with Crippen LogP contribution >= 0.6 is 0 Å². The zero-order valence-electron chi connectivity index (χ0n) is 9.71. The van der Waals surface area contributed by atoms with Crippen LogP contribution in [0.5, 0.6) is 0 Å². The number of nitriles is 1. The first-order valence-electron chi connectivity index (χ1n) is 5.67. The summed E-state index contributed by atoms with van der Waals surface area (Å²) in [5.41, 5.74) is -0.202.